The molecule has 146 heavy (non-hydrogen) atoms. The summed E-state index contributed by atoms with van der Waals surface area (Å²) in [6.45, 7) is 0. The number of carbonyl (C=O) groups excluding carboxylic acids is 5. The fraction of sp³-hybridized carbons (Fsp3) is 0. The molecule has 10 N–H and O–H groups in total. The van der Waals surface area contributed by atoms with Crippen molar-refractivity contribution >= 4 is 49.3 Å². The number of carbonyl (C=O) groups is 5. The van der Waals surface area contributed by atoms with E-state index in [4.69, 9.17) is 15.1 Å². The first-order valence-electron chi connectivity index (χ1n) is 46.4. The van der Waals surface area contributed by atoms with Gasteiger partial charge in [-0.05, 0) is 0 Å². The van der Waals surface area contributed by atoms with Crippen LogP contribution in [0.2, 0.25) is 0 Å². The van der Waals surface area contributed by atoms with Gasteiger partial charge in [0, 0.05) is 0 Å². The molecular weight excluding hydrogens is 1940 g/mol. The molecule has 0 heterocycles. The van der Waals surface area contributed by atoms with Crippen LogP contribution in [0.3, 0.4) is 0 Å². The first-order chi connectivity index (χ1) is 71.2. The van der Waals surface area contributed by atoms with Crippen LogP contribution in [0.4, 0.5) is 0 Å². The molecule has 20 aromatic rings. The van der Waals surface area contributed by atoms with Crippen LogP contribution in [0.1, 0.15) is 51.8 Å². The monoisotopic (exact) mass is 2030 g/mol. The Morgan fingerprint density at radius 1 is 0.123 bits per heavy atom. The van der Waals surface area contributed by atoms with E-state index in [9.17, 15) is 51.1 Å². The SMILES string of the molecule is O=C([O][Sb]([O]C(=O)c1c(O)c(O)c(-c2ccccc2)c(-c2ccccc2)c1-c1ccccc1)([O]C(=O)c1c(O)c(O)c(-c2ccccc2)c(-c2ccccc2)c1-c1ccccc1)([O]C(=O)c1c(O)c(O)c(-c2ccccc2)c(-c2ccccc2)c1-c1ccccc1)[O]C(=O)c1c(O)c(O)c(-c2ccccc2)c(-c2ccccc2)c1-c1ccccc1)c1c(O)c(O)c(-c2ccccc2)c(-c2ccccc2)c1-c1ccccc1. The number of phenolic OH excluding ortho intramolecular Hbond substituents is 10. The number of aromatic hydroxyl groups is 10. The van der Waals surface area contributed by atoms with Gasteiger partial charge in [0.2, 0.25) is 0 Å². The van der Waals surface area contributed by atoms with Gasteiger partial charge in [-0.1, -0.05) is 0 Å². The van der Waals surface area contributed by atoms with Crippen molar-refractivity contribution in [1.82, 2.24) is 0 Å². The number of rotatable bonds is 25. The molecule has 0 atom stereocenters. The summed E-state index contributed by atoms with van der Waals surface area (Å²) in [6.07, 6.45) is 0. The number of phenols is 10. The molecule has 0 spiro atoms. The zero-order valence-electron chi connectivity index (χ0n) is 77.3. The molecule has 0 aliphatic carbocycles. The Kier molecular flexibility index (Phi) is 25.8. The maximum atomic E-state index is 18.8. The van der Waals surface area contributed by atoms with Crippen LogP contribution in [0.15, 0.2) is 455 Å². The second kappa shape index (κ2) is 40.1. The summed E-state index contributed by atoms with van der Waals surface area (Å²) >= 11 is -11.2. The molecule has 0 bridgehead atoms. The van der Waals surface area contributed by atoms with E-state index in [-0.39, 0.29) is 139 Å². The molecule has 0 aliphatic heterocycles. The first-order valence-corrected chi connectivity index (χ1v) is 51.6. The number of benzene rings is 20. The average molecular weight is 2030 g/mol. The minimum absolute atomic E-state index is 0.0120. The van der Waals surface area contributed by atoms with Crippen molar-refractivity contribution in [3.05, 3.63) is 483 Å². The fourth-order valence-corrected chi connectivity index (χ4v) is 25.3. The molecule has 710 valence electrons. The predicted molar refractivity (Wildman–Crippen MR) is 563 cm³/mol. The summed E-state index contributed by atoms with van der Waals surface area (Å²) in [4.78, 5) is 93.9. The summed E-state index contributed by atoms with van der Waals surface area (Å²) in [6, 6.07) is 120. The van der Waals surface area contributed by atoms with Gasteiger partial charge in [-0.3, -0.25) is 0 Å². The Hall–Kier alpha value is -19.4. The van der Waals surface area contributed by atoms with Gasteiger partial charge in [-0.2, -0.15) is 0 Å². The van der Waals surface area contributed by atoms with Gasteiger partial charge in [0.1, 0.15) is 0 Å². The van der Waals surface area contributed by atoms with E-state index in [2.05, 4.69) is 0 Å². The zero-order valence-corrected chi connectivity index (χ0v) is 79.9. The van der Waals surface area contributed by atoms with Crippen molar-refractivity contribution in [3.8, 4) is 224 Å². The van der Waals surface area contributed by atoms with Crippen LogP contribution in [0, 0.1) is 0 Å². The Labute approximate surface area is 840 Å². The van der Waals surface area contributed by atoms with Crippen LogP contribution in [-0.4, -0.2) is 100 Å². The van der Waals surface area contributed by atoms with E-state index in [1.807, 2.05) is 0 Å². The van der Waals surface area contributed by atoms with Crippen LogP contribution < -0.4 is 0 Å². The summed E-state index contributed by atoms with van der Waals surface area (Å²) in [7, 11) is 0. The topological polar surface area (TPSA) is 334 Å². The van der Waals surface area contributed by atoms with Crippen LogP contribution in [0.25, 0.3) is 167 Å². The van der Waals surface area contributed by atoms with Crippen molar-refractivity contribution in [2.75, 3.05) is 0 Å². The molecular formula is C125H85O20Sb. The van der Waals surface area contributed by atoms with Crippen molar-refractivity contribution in [1.29, 1.82) is 0 Å². The van der Waals surface area contributed by atoms with Gasteiger partial charge >= 0.3 is 847 Å². The second-order valence-corrected chi connectivity index (χ2v) is 41.0. The molecule has 0 saturated heterocycles. The van der Waals surface area contributed by atoms with Crippen molar-refractivity contribution in [2.24, 2.45) is 0 Å². The van der Waals surface area contributed by atoms with Crippen LogP contribution in [-0.2, 0) is 15.1 Å². The van der Waals surface area contributed by atoms with E-state index < -0.39 is 162 Å². The molecule has 0 unspecified atom stereocenters. The van der Waals surface area contributed by atoms with Gasteiger partial charge in [-0.25, -0.2) is 0 Å². The minimum atomic E-state index is -11.2. The molecule has 0 aliphatic rings. The third kappa shape index (κ3) is 17.4. The molecule has 0 aromatic heterocycles. The third-order valence-electron chi connectivity index (χ3n) is 25.4. The van der Waals surface area contributed by atoms with Gasteiger partial charge in [0.15, 0.2) is 0 Å². The molecule has 0 radical (unpaired) electrons. The second-order valence-electron chi connectivity index (χ2n) is 34.1. The van der Waals surface area contributed by atoms with E-state index in [1.165, 1.54) is 60.7 Å². The summed E-state index contributed by atoms with van der Waals surface area (Å²) in [5.41, 5.74) is -7.56. The van der Waals surface area contributed by atoms with Gasteiger partial charge < -0.3 is 0 Å². The van der Waals surface area contributed by atoms with Crippen LogP contribution in [0.5, 0.6) is 57.5 Å². The number of hydrogen-bond donors (Lipinski definition) is 10. The van der Waals surface area contributed by atoms with E-state index >= 15 is 24.0 Å². The van der Waals surface area contributed by atoms with E-state index in [1.54, 1.807) is 394 Å². The summed E-state index contributed by atoms with van der Waals surface area (Å²) in [5, 5.41) is 138. The van der Waals surface area contributed by atoms with Crippen molar-refractivity contribution in [2.45, 2.75) is 0 Å². The first kappa shape index (κ1) is 94.2. The molecule has 20 rings (SSSR count). The molecule has 20 nitrogen and oxygen atoms in total. The van der Waals surface area contributed by atoms with Crippen LogP contribution >= 0.6 is 0 Å². The van der Waals surface area contributed by atoms with Crippen molar-refractivity contribution < 1.29 is 90.1 Å². The zero-order chi connectivity index (χ0) is 101. The van der Waals surface area contributed by atoms with Gasteiger partial charge in [0.05, 0.1) is 0 Å². The molecule has 0 amide bonds. The maximum absolute atomic E-state index is 18.8. The van der Waals surface area contributed by atoms with Gasteiger partial charge in [0.25, 0.3) is 0 Å². The predicted octanol–water partition coefficient (Wildman–Crippen LogP) is 28.2. The average Bonchev–Trinajstić information content (AvgIpc) is 0.698. The number of hydrogen-bond acceptors (Lipinski definition) is 20. The normalized spacial score (nSPS) is 11.4. The van der Waals surface area contributed by atoms with Gasteiger partial charge in [-0.15, -0.1) is 0 Å². The molecule has 0 fully saturated rings. The molecule has 21 heteroatoms. The van der Waals surface area contributed by atoms with E-state index in [0.29, 0.717) is 0 Å². The molecule has 0 saturated carbocycles. The summed E-state index contributed by atoms with van der Waals surface area (Å²) in [5.74, 6) is -23.8. The Balaban J connectivity index is 1.02. The quantitative estimate of drug-likeness (QED) is 0.0188. The summed E-state index contributed by atoms with van der Waals surface area (Å²) < 4.78 is 36.8. The Bertz CT molecular complexity index is 7230. The Morgan fingerprint density at radius 2 is 0.212 bits per heavy atom. The van der Waals surface area contributed by atoms with E-state index in [0.717, 1.165) is 0 Å². The molecule has 20 aromatic carbocycles. The third-order valence-corrected chi connectivity index (χ3v) is 32.0. The Morgan fingerprint density at radius 3 is 0.315 bits per heavy atom. The van der Waals surface area contributed by atoms with Crippen molar-refractivity contribution in [3.63, 3.8) is 0 Å². The standard InChI is InChI=1S/5C25H18O4.Sb/c5*26-23-21(18-14-8-3-9-15-18)19(16-10-4-1-5-11-16)20(17-12-6-2-7-13-17)22(24(23)27)25(28)29;/h5*1-15,26-27H,(H,28,29);/q;;;;;+5/p-5. The fourth-order valence-electron chi connectivity index (χ4n) is 19.1.